The molecule has 0 rings (SSSR count). The van der Waals surface area contributed by atoms with E-state index in [4.69, 9.17) is 0 Å². The van der Waals surface area contributed by atoms with E-state index in [-0.39, 0.29) is 6.10 Å². The zero-order chi connectivity index (χ0) is 11.8. The summed E-state index contributed by atoms with van der Waals surface area (Å²) in [5, 5.41) is 9.63. The van der Waals surface area contributed by atoms with Crippen LogP contribution in [0.4, 0.5) is 0 Å². The highest BCUT2D eigenvalue weighted by Gasteiger charge is 2.08. The predicted molar refractivity (Wildman–Crippen MR) is 67.4 cm³/mol. The summed E-state index contributed by atoms with van der Waals surface area (Å²) in [7, 11) is 1.74. The molecule has 15 heavy (non-hydrogen) atoms. The van der Waals surface area contributed by atoms with E-state index < -0.39 is 0 Å². The number of aliphatic hydroxyl groups excluding tert-OH is 1. The Morgan fingerprint density at radius 2 is 1.93 bits per heavy atom. The first-order valence-electron chi connectivity index (χ1n) is 5.83. The minimum atomic E-state index is -0.381. The van der Waals surface area contributed by atoms with Crippen LogP contribution in [0.1, 0.15) is 40.5 Å². The zero-order valence-corrected chi connectivity index (χ0v) is 10.7. The first-order valence-corrected chi connectivity index (χ1v) is 5.83. The van der Waals surface area contributed by atoms with Crippen molar-refractivity contribution in [1.82, 2.24) is 0 Å². The van der Waals surface area contributed by atoms with Crippen molar-refractivity contribution in [3.63, 3.8) is 0 Å². The van der Waals surface area contributed by atoms with Crippen molar-refractivity contribution in [3.8, 4) is 0 Å². The van der Waals surface area contributed by atoms with Gasteiger partial charge in [-0.3, -0.25) is 4.99 Å². The van der Waals surface area contributed by atoms with Gasteiger partial charge in [0.05, 0.1) is 6.10 Å². The van der Waals surface area contributed by atoms with E-state index in [1.807, 2.05) is 6.92 Å². The number of allylic oxidation sites excluding steroid dienone is 2. The van der Waals surface area contributed by atoms with Gasteiger partial charge in [-0.15, -0.1) is 0 Å². The fraction of sp³-hybridized carbons (Fsp3) is 0.769. The number of rotatable bonds is 6. The fourth-order valence-electron chi connectivity index (χ4n) is 1.24. The molecule has 0 aliphatic carbocycles. The summed E-state index contributed by atoms with van der Waals surface area (Å²) in [5.41, 5.74) is 0.879. The number of aliphatic imine (C=N–C) groups is 1. The van der Waals surface area contributed by atoms with E-state index in [2.05, 4.69) is 37.9 Å². The second-order valence-corrected chi connectivity index (χ2v) is 4.37. The lowest BCUT2D eigenvalue weighted by atomic mass is 9.97. The molecule has 0 amide bonds. The molecule has 0 spiro atoms. The first-order chi connectivity index (χ1) is 7.02. The van der Waals surface area contributed by atoms with Crippen LogP contribution in [0.3, 0.4) is 0 Å². The van der Waals surface area contributed by atoms with Gasteiger partial charge in [-0.2, -0.15) is 0 Å². The second kappa shape index (κ2) is 7.63. The summed E-state index contributed by atoms with van der Waals surface area (Å²) in [6.45, 7) is 8.60. The van der Waals surface area contributed by atoms with Gasteiger partial charge in [0.2, 0.25) is 0 Å². The third-order valence-corrected chi connectivity index (χ3v) is 2.88. The number of nitrogens with zero attached hydrogens (tertiary/aromatic N) is 1. The summed E-state index contributed by atoms with van der Waals surface area (Å²) in [6, 6.07) is 0. The van der Waals surface area contributed by atoms with Crippen LogP contribution in [-0.2, 0) is 0 Å². The SMILES string of the molecule is CCC(O)C(C/C=C\C(C)C(C)C)=NC. The van der Waals surface area contributed by atoms with Crippen LogP contribution in [0.5, 0.6) is 0 Å². The topological polar surface area (TPSA) is 32.6 Å². The highest BCUT2D eigenvalue weighted by atomic mass is 16.3. The summed E-state index contributed by atoms with van der Waals surface area (Å²) < 4.78 is 0. The minimum absolute atomic E-state index is 0.381. The zero-order valence-electron chi connectivity index (χ0n) is 10.7. The van der Waals surface area contributed by atoms with Gasteiger partial charge in [0.1, 0.15) is 0 Å². The lowest BCUT2D eigenvalue weighted by Gasteiger charge is -2.11. The standard InChI is InChI=1S/C13H25NO/c1-6-13(15)12(14-5)9-7-8-11(4)10(2)3/h7-8,10-11,13,15H,6,9H2,1-5H3/b8-7-,14-12?. The van der Waals surface area contributed by atoms with E-state index >= 15 is 0 Å². The van der Waals surface area contributed by atoms with Crippen LogP contribution in [-0.4, -0.2) is 24.0 Å². The van der Waals surface area contributed by atoms with Gasteiger partial charge in [-0.25, -0.2) is 0 Å². The summed E-state index contributed by atoms with van der Waals surface area (Å²) in [4.78, 5) is 4.12. The van der Waals surface area contributed by atoms with Gasteiger partial charge in [0.25, 0.3) is 0 Å². The second-order valence-electron chi connectivity index (χ2n) is 4.37. The molecule has 88 valence electrons. The highest BCUT2D eigenvalue weighted by Crippen LogP contribution is 2.11. The summed E-state index contributed by atoms with van der Waals surface area (Å²) in [6.07, 6.45) is 5.45. The van der Waals surface area contributed by atoms with Crippen molar-refractivity contribution in [2.75, 3.05) is 7.05 Å². The van der Waals surface area contributed by atoms with Crippen LogP contribution in [0.15, 0.2) is 17.1 Å². The van der Waals surface area contributed by atoms with Crippen molar-refractivity contribution < 1.29 is 5.11 Å². The van der Waals surface area contributed by atoms with Crippen LogP contribution in [0, 0.1) is 11.8 Å². The molecule has 0 heterocycles. The summed E-state index contributed by atoms with van der Waals surface area (Å²) >= 11 is 0. The molecule has 0 aliphatic heterocycles. The molecule has 0 aromatic rings. The van der Waals surface area contributed by atoms with Gasteiger partial charge < -0.3 is 5.11 Å². The van der Waals surface area contributed by atoms with Crippen molar-refractivity contribution in [1.29, 1.82) is 0 Å². The summed E-state index contributed by atoms with van der Waals surface area (Å²) in [5.74, 6) is 1.25. The van der Waals surface area contributed by atoms with Crippen LogP contribution >= 0.6 is 0 Å². The van der Waals surface area contributed by atoms with Crippen molar-refractivity contribution >= 4 is 5.71 Å². The maximum Gasteiger partial charge on any atom is 0.0917 e. The molecule has 2 heteroatoms. The molecule has 0 aromatic heterocycles. The van der Waals surface area contributed by atoms with Gasteiger partial charge in [0.15, 0.2) is 0 Å². The van der Waals surface area contributed by atoms with Crippen molar-refractivity contribution in [2.45, 2.75) is 46.6 Å². The lowest BCUT2D eigenvalue weighted by Crippen LogP contribution is -2.18. The van der Waals surface area contributed by atoms with Crippen molar-refractivity contribution in [3.05, 3.63) is 12.2 Å². The highest BCUT2D eigenvalue weighted by molar-refractivity contribution is 5.89. The Morgan fingerprint density at radius 1 is 1.33 bits per heavy atom. The number of hydrogen-bond acceptors (Lipinski definition) is 2. The van der Waals surface area contributed by atoms with Crippen LogP contribution < -0.4 is 0 Å². The first kappa shape index (κ1) is 14.4. The van der Waals surface area contributed by atoms with E-state index in [1.165, 1.54) is 0 Å². The maximum absolute atomic E-state index is 9.63. The average Bonchev–Trinajstić information content (AvgIpc) is 2.22. The molecule has 2 atom stereocenters. The Kier molecular flexibility index (Phi) is 7.31. The van der Waals surface area contributed by atoms with Gasteiger partial charge in [-0.1, -0.05) is 39.8 Å². The van der Waals surface area contributed by atoms with Crippen LogP contribution in [0.2, 0.25) is 0 Å². The van der Waals surface area contributed by atoms with E-state index in [0.717, 1.165) is 18.6 Å². The molecule has 1 N–H and O–H groups in total. The van der Waals surface area contributed by atoms with Gasteiger partial charge >= 0.3 is 0 Å². The number of hydrogen-bond donors (Lipinski definition) is 1. The molecule has 0 radical (unpaired) electrons. The van der Waals surface area contributed by atoms with E-state index in [9.17, 15) is 5.11 Å². The molecule has 0 saturated heterocycles. The predicted octanol–water partition coefficient (Wildman–Crippen LogP) is 3.07. The normalized spacial score (nSPS) is 17.4. The van der Waals surface area contributed by atoms with Crippen LogP contribution in [0.25, 0.3) is 0 Å². The quantitative estimate of drug-likeness (QED) is 0.531. The Morgan fingerprint density at radius 3 is 2.33 bits per heavy atom. The molecular formula is C13H25NO. The Labute approximate surface area is 94.1 Å². The molecule has 0 bridgehead atoms. The molecule has 0 aliphatic rings. The Hall–Kier alpha value is -0.630. The minimum Gasteiger partial charge on any atom is -0.387 e. The van der Waals surface area contributed by atoms with E-state index in [1.54, 1.807) is 7.05 Å². The smallest absolute Gasteiger partial charge is 0.0917 e. The molecule has 2 unspecified atom stereocenters. The third-order valence-electron chi connectivity index (χ3n) is 2.88. The third kappa shape index (κ3) is 5.73. The van der Waals surface area contributed by atoms with E-state index in [0.29, 0.717) is 11.8 Å². The largest absolute Gasteiger partial charge is 0.387 e. The fourth-order valence-corrected chi connectivity index (χ4v) is 1.24. The number of aliphatic hydroxyl groups is 1. The van der Waals surface area contributed by atoms with Crippen molar-refractivity contribution in [2.24, 2.45) is 16.8 Å². The Balaban J connectivity index is 4.13. The monoisotopic (exact) mass is 211 g/mol. The average molecular weight is 211 g/mol. The molecule has 2 nitrogen and oxygen atoms in total. The Bertz CT molecular complexity index is 219. The maximum atomic E-state index is 9.63. The molecule has 0 fully saturated rings. The molecular weight excluding hydrogens is 186 g/mol. The van der Waals surface area contributed by atoms with Gasteiger partial charge in [-0.05, 0) is 18.3 Å². The molecule has 0 saturated carbocycles. The van der Waals surface area contributed by atoms with Gasteiger partial charge in [0, 0.05) is 19.2 Å². The lowest BCUT2D eigenvalue weighted by molar-refractivity contribution is 0.235. The molecule has 0 aromatic carbocycles.